The third-order valence-electron chi connectivity index (χ3n) is 3.29. The fourth-order valence-electron chi connectivity index (χ4n) is 2.00. The number of benzene rings is 1. The van der Waals surface area contributed by atoms with Crippen LogP contribution in [0.2, 0.25) is 0 Å². The molecule has 0 saturated carbocycles. The van der Waals surface area contributed by atoms with Gasteiger partial charge in [-0.25, -0.2) is 0 Å². The first kappa shape index (κ1) is 23.0. The van der Waals surface area contributed by atoms with E-state index in [1.165, 1.54) is 0 Å². The van der Waals surface area contributed by atoms with Crippen molar-refractivity contribution in [2.75, 3.05) is 5.32 Å². The second-order valence-corrected chi connectivity index (χ2v) is 9.37. The average molecular weight is 537 g/mol. The van der Waals surface area contributed by atoms with E-state index in [9.17, 15) is 4.79 Å². The number of carbonyl (C=O) groups is 1. The van der Waals surface area contributed by atoms with Crippen molar-refractivity contribution < 1.29 is 4.79 Å². The summed E-state index contributed by atoms with van der Waals surface area (Å²) in [5, 5.41) is 8.83. The van der Waals surface area contributed by atoms with E-state index in [0.717, 1.165) is 34.9 Å². The minimum Gasteiger partial charge on any atom is -0.339 e. The van der Waals surface area contributed by atoms with Gasteiger partial charge in [0.2, 0.25) is 9.70 Å². The van der Waals surface area contributed by atoms with Crippen LogP contribution in [0.15, 0.2) is 24.3 Å². The molecule has 0 aliphatic carbocycles. The van der Waals surface area contributed by atoms with Crippen LogP contribution in [0.5, 0.6) is 0 Å². The highest BCUT2D eigenvalue weighted by atomic mass is 127. The predicted octanol–water partition coefficient (Wildman–Crippen LogP) is 5.36. The first-order valence-electron chi connectivity index (χ1n) is 7.92. The molecule has 3 N–H and O–H groups in total. The number of anilines is 1. The highest BCUT2D eigenvalue weighted by molar-refractivity contribution is 14.1. The lowest BCUT2D eigenvalue weighted by Crippen LogP contribution is -2.56. The van der Waals surface area contributed by atoms with Crippen molar-refractivity contribution in [1.29, 1.82) is 0 Å². The quantitative estimate of drug-likeness (QED) is 0.138. The zero-order chi connectivity index (χ0) is 18.9. The Bertz CT molecular complexity index is 584. The Morgan fingerprint density at radius 1 is 1.20 bits per heavy atom. The number of hydrogen-bond acceptors (Lipinski definition) is 2. The van der Waals surface area contributed by atoms with E-state index in [0.29, 0.717) is 6.42 Å². The molecule has 0 saturated heterocycles. The predicted molar refractivity (Wildman–Crippen MR) is 119 cm³/mol. The van der Waals surface area contributed by atoms with E-state index in [4.69, 9.17) is 47.0 Å². The molecule has 0 bridgehead atoms. The van der Waals surface area contributed by atoms with Crippen molar-refractivity contribution in [1.82, 2.24) is 10.6 Å². The number of unbranched alkanes of at least 4 members (excludes halogenated alkanes) is 3. The van der Waals surface area contributed by atoms with E-state index in [1.54, 1.807) is 0 Å². The molecule has 0 aliphatic rings. The van der Waals surface area contributed by atoms with Crippen LogP contribution in [0.3, 0.4) is 0 Å². The van der Waals surface area contributed by atoms with Crippen LogP contribution < -0.4 is 16.0 Å². The first-order valence-corrected chi connectivity index (χ1v) is 10.5. The SMILES string of the molecule is CCCCCCC(=O)N[C@@H](NC(=S)Nc1ccccc1I)C(Cl)(Cl)Cl. The Morgan fingerprint density at radius 3 is 2.48 bits per heavy atom. The molecule has 140 valence electrons. The largest absolute Gasteiger partial charge is 0.339 e. The number of para-hydroxylation sites is 1. The van der Waals surface area contributed by atoms with Gasteiger partial charge in [-0.1, -0.05) is 73.1 Å². The van der Waals surface area contributed by atoms with Gasteiger partial charge in [0.15, 0.2) is 5.11 Å². The maximum atomic E-state index is 12.1. The summed E-state index contributed by atoms with van der Waals surface area (Å²) in [6.45, 7) is 2.12. The number of thiocarbonyl (C=S) groups is 1. The van der Waals surface area contributed by atoms with E-state index in [1.807, 2.05) is 24.3 Å². The molecule has 0 spiro atoms. The molecule has 0 aromatic heterocycles. The molecule has 0 aliphatic heterocycles. The molecule has 4 nitrogen and oxygen atoms in total. The molecule has 0 heterocycles. The van der Waals surface area contributed by atoms with Crippen molar-refractivity contribution in [2.24, 2.45) is 0 Å². The summed E-state index contributed by atoms with van der Waals surface area (Å²) >= 11 is 25.4. The van der Waals surface area contributed by atoms with Gasteiger partial charge in [0.1, 0.15) is 6.17 Å². The molecule has 1 atom stereocenters. The van der Waals surface area contributed by atoms with Crippen LogP contribution >= 0.6 is 69.6 Å². The van der Waals surface area contributed by atoms with Crippen LogP contribution in [-0.4, -0.2) is 21.0 Å². The van der Waals surface area contributed by atoms with Gasteiger partial charge in [-0.2, -0.15) is 0 Å². The summed E-state index contributed by atoms with van der Waals surface area (Å²) in [5.41, 5.74) is 0.828. The van der Waals surface area contributed by atoms with Gasteiger partial charge in [-0.3, -0.25) is 4.79 Å². The summed E-state index contributed by atoms with van der Waals surface area (Å²) in [7, 11) is 0. The van der Waals surface area contributed by atoms with E-state index < -0.39 is 9.96 Å². The first-order chi connectivity index (χ1) is 11.7. The van der Waals surface area contributed by atoms with Crippen LogP contribution in [0.25, 0.3) is 0 Å². The molecule has 25 heavy (non-hydrogen) atoms. The monoisotopic (exact) mass is 535 g/mol. The summed E-state index contributed by atoms with van der Waals surface area (Å²) in [6.07, 6.45) is 3.47. The van der Waals surface area contributed by atoms with Crippen molar-refractivity contribution in [3.63, 3.8) is 0 Å². The number of hydrogen-bond donors (Lipinski definition) is 3. The lowest BCUT2D eigenvalue weighted by Gasteiger charge is -2.28. The lowest BCUT2D eigenvalue weighted by molar-refractivity contribution is -0.122. The molecule has 0 unspecified atom stereocenters. The standard InChI is InChI=1S/C16H21Cl3IN3OS/c1-2-3-4-5-10-13(24)22-14(16(17,18)19)23-15(25)21-12-9-7-6-8-11(12)20/h6-9,14H,2-5,10H2,1H3,(H,22,24)(H2,21,23,25)/t14-/m0/s1. The highest BCUT2D eigenvalue weighted by Gasteiger charge is 2.34. The van der Waals surface area contributed by atoms with Crippen molar-refractivity contribution >= 4 is 86.3 Å². The van der Waals surface area contributed by atoms with Crippen LogP contribution in [0, 0.1) is 3.57 Å². The van der Waals surface area contributed by atoms with Gasteiger partial charge in [0.05, 0.1) is 5.69 Å². The molecule has 0 radical (unpaired) electrons. The number of halogens is 4. The zero-order valence-electron chi connectivity index (χ0n) is 13.8. The minimum atomic E-state index is -1.74. The lowest BCUT2D eigenvalue weighted by atomic mass is 10.1. The van der Waals surface area contributed by atoms with Crippen LogP contribution in [-0.2, 0) is 4.79 Å². The minimum absolute atomic E-state index is 0.183. The molecule has 0 fully saturated rings. The number of nitrogens with one attached hydrogen (secondary N) is 3. The van der Waals surface area contributed by atoms with Crippen molar-refractivity contribution in [2.45, 2.75) is 49.0 Å². The molecule has 1 rings (SSSR count). The third-order valence-corrected chi connectivity index (χ3v) is 5.10. The smallest absolute Gasteiger partial charge is 0.228 e. The zero-order valence-corrected chi connectivity index (χ0v) is 19.0. The van der Waals surface area contributed by atoms with E-state index in [2.05, 4.69) is 45.5 Å². The summed E-state index contributed by atoms with van der Waals surface area (Å²) in [4.78, 5) is 12.1. The van der Waals surface area contributed by atoms with Gasteiger partial charge >= 0.3 is 0 Å². The van der Waals surface area contributed by atoms with E-state index in [-0.39, 0.29) is 11.0 Å². The molecule has 1 amide bonds. The van der Waals surface area contributed by atoms with Gasteiger partial charge in [0, 0.05) is 9.99 Å². The maximum absolute atomic E-state index is 12.1. The maximum Gasteiger partial charge on any atom is 0.228 e. The fourth-order valence-corrected chi connectivity index (χ4v) is 3.07. The fraction of sp³-hybridized carbons (Fsp3) is 0.500. The van der Waals surface area contributed by atoms with Gasteiger partial charge < -0.3 is 16.0 Å². The number of rotatable bonds is 8. The molecule has 1 aromatic carbocycles. The Hall–Kier alpha value is -0.0200. The second-order valence-electron chi connectivity index (χ2n) is 5.43. The van der Waals surface area contributed by atoms with E-state index >= 15 is 0 Å². The Labute approximate surface area is 182 Å². The summed E-state index contributed by atoms with van der Waals surface area (Å²) < 4.78 is -0.746. The average Bonchev–Trinajstić information content (AvgIpc) is 2.52. The molecule has 1 aromatic rings. The normalized spacial score (nSPS) is 12.4. The Morgan fingerprint density at radius 2 is 1.88 bits per heavy atom. The number of alkyl halides is 3. The van der Waals surface area contributed by atoms with Gasteiger partial charge in [-0.05, 0) is 53.4 Å². The summed E-state index contributed by atoms with van der Waals surface area (Å²) in [5.74, 6) is -0.183. The Balaban J connectivity index is 2.59. The Kier molecular flexibility index (Phi) is 10.7. The number of amides is 1. The van der Waals surface area contributed by atoms with Crippen molar-refractivity contribution in [3.8, 4) is 0 Å². The van der Waals surface area contributed by atoms with Crippen LogP contribution in [0.4, 0.5) is 5.69 Å². The summed E-state index contributed by atoms with van der Waals surface area (Å²) in [6, 6.07) is 7.63. The molecular weight excluding hydrogens is 516 g/mol. The van der Waals surface area contributed by atoms with Gasteiger partial charge in [0.25, 0.3) is 0 Å². The van der Waals surface area contributed by atoms with Crippen LogP contribution in [0.1, 0.15) is 39.0 Å². The second kappa shape index (κ2) is 11.6. The van der Waals surface area contributed by atoms with Gasteiger partial charge in [-0.15, -0.1) is 0 Å². The topological polar surface area (TPSA) is 53.2 Å². The highest BCUT2D eigenvalue weighted by Crippen LogP contribution is 2.29. The number of carbonyl (C=O) groups excluding carboxylic acids is 1. The molecule has 9 heteroatoms. The van der Waals surface area contributed by atoms with Crippen molar-refractivity contribution in [3.05, 3.63) is 27.8 Å². The third kappa shape index (κ3) is 9.47. The molecular formula is C16H21Cl3IN3OS.